The van der Waals surface area contributed by atoms with Gasteiger partial charge in [-0.3, -0.25) is 4.72 Å². The lowest BCUT2D eigenvalue weighted by atomic mass is 10.2. The van der Waals surface area contributed by atoms with E-state index >= 15 is 0 Å². The van der Waals surface area contributed by atoms with Crippen LogP contribution in [-0.4, -0.2) is 26.8 Å². The number of nitrogens with one attached hydrogen (secondary N) is 2. The van der Waals surface area contributed by atoms with Gasteiger partial charge in [-0.05, 0) is 18.2 Å². The maximum atomic E-state index is 12.7. The summed E-state index contributed by atoms with van der Waals surface area (Å²) in [5.41, 5.74) is -1.25. The van der Waals surface area contributed by atoms with Crippen LogP contribution in [0.2, 0.25) is 5.02 Å². The molecule has 2 N–H and O–H groups in total. The number of benzene rings is 1. The van der Waals surface area contributed by atoms with Crippen molar-refractivity contribution in [3.8, 4) is 0 Å². The first-order valence-electron chi connectivity index (χ1n) is 6.12. The van der Waals surface area contributed by atoms with Gasteiger partial charge in [-0.25, -0.2) is 8.42 Å². The molecule has 0 aliphatic heterocycles. The Labute approximate surface area is 126 Å². The lowest BCUT2D eigenvalue weighted by Gasteiger charge is -2.13. The maximum absolute atomic E-state index is 12.7. The number of halogens is 4. The zero-order valence-electron chi connectivity index (χ0n) is 11.5. The van der Waals surface area contributed by atoms with Crippen molar-refractivity contribution < 1.29 is 21.6 Å². The van der Waals surface area contributed by atoms with E-state index in [-0.39, 0.29) is 24.0 Å². The van der Waals surface area contributed by atoms with Crippen molar-refractivity contribution in [2.45, 2.75) is 26.1 Å². The fraction of sp³-hybridized carbons (Fsp3) is 0.500. The van der Waals surface area contributed by atoms with Crippen molar-refractivity contribution in [3.63, 3.8) is 0 Å². The number of alkyl halides is 3. The molecule has 120 valence electrons. The molecule has 0 radical (unpaired) electrons. The van der Waals surface area contributed by atoms with E-state index in [0.717, 1.165) is 6.07 Å². The standard InChI is InChI=1S/C12H16ClF3N2O2S/c1-8(2)17-5-6-21(19,20)18-9-3-4-11(13)10(7-9)12(14,15)16/h3-4,7-8,17-18H,5-6H2,1-2H3. The fourth-order valence-electron chi connectivity index (χ4n) is 1.52. The SMILES string of the molecule is CC(C)NCCS(=O)(=O)Nc1ccc(Cl)c(C(F)(F)F)c1. The molecule has 0 saturated heterocycles. The Kier molecular flexibility index (Phi) is 5.89. The summed E-state index contributed by atoms with van der Waals surface area (Å²) in [7, 11) is -3.73. The molecule has 21 heavy (non-hydrogen) atoms. The van der Waals surface area contributed by atoms with Gasteiger partial charge in [0.1, 0.15) is 0 Å². The van der Waals surface area contributed by atoms with Crippen LogP contribution in [0.25, 0.3) is 0 Å². The van der Waals surface area contributed by atoms with E-state index in [9.17, 15) is 21.6 Å². The highest BCUT2D eigenvalue weighted by Crippen LogP contribution is 2.36. The zero-order valence-corrected chi connectivity index (χ0v) is 13.0. The summed E-state index contributed by atoms with van der Waals surface area (Å²) in [6.45, 7) is 3.91. The monoisotopic (exact) mass is 344 g/mol. The van der Waals surface area contributed by atoms with Crippen LogP contribution in [0.5, 0.6) is 0 Å². The molecular formula is C12H16ClF3N2O2S. The molecule has 0 fully saturated rings. The smallest absolute Gasteiger partial charge is 0.313 e. The number of sulfonamides is 1. The van der Waals surface area contributed by atoms with E-state index in [2.05, 4.69) is 10.0 Å². The summed E-state index contributed by atoms with van der Waals surface area (Å²) in [6, 6.07) is 2.99. The summed E-state index contributed by atoms with van der Waals surface area (Å²) in [5.74, 6) is -0.241. The average molecular weight is 345 g/mol. The van der Waals surface area contributed by atoms with Crippen LogP contribution < -0.4 is 10.0 Å². The molecular weight excluding hydrogens is 329 g/mol. The van der Waals surface area contributed by atoms with Crippen molar-refractivity contribution in [3.05, 3.63) is 28.8 Å². The van der Waals surface area contributed by atoms with Gasteiger partial charge < -0.3 is 5.32 Å². The highest BCUT2D eigenvalue weighted by Gasteiger charge is 2.33. The topological polar surface area (TPSA) is 58.2 Å². The highest BCUT2D eigenvalue weighted by atomic mass is 35.5. The van der Waals surface area contributed by atoms with Crippen LogP contribution >= 0.6 is 11.6 Å². The summed E-state index contributed by atoms with van der Waals surface area (Å²) in [5, 5.41) is 2.43. The molecule has 1 aromatic rings. The molecule has 0 amide bonds. The van der Waals surface area contributed by atoms with E-state index in [1.54, 1.807) is 0 Å². The average Bonchev–Trinajstić information content (AvgIpc) is 2.29. The van der Waals surface area contributed by atoms with Gasteiger partial charge in [0.15, 0.2) is 0 Å². The molecule has 0 aliphatic carbocycles. The van der Waals surface area contributed by atoms with Crippen molar-refractivity contribution >= 4 is 27.3 Å². The van der Waals surface area contributed by atoms with Gasteiger partial charge in [-0.2, -0.15) is 13.2 Å². The van der Waals surface area contributed by atoms with Crippen LogP contribution in [0.3, 0.4) is 0 Å². The van der Waals surface area contributed by atoms with E-state index in [1.807, 2.05) is 13.8 Å². The second kappa shape index (κ2) is 6.85. The van der Waals surface area contributed by atoms with E-state index in [4.69, 9.17) is 11.6 Å². The number of rotatable bonds is 6. The normalized spacial score (nSPS) is 12.7. The predicted octanol–water partition coefficient (Wildman–Crippen LogP) is 3.10. The molecule has 0 aromatic heterocycles. The van der Waals surface area contributed by atoms with Gasteiger partial charge in [-0.15, -0.1) is 0 Å². The van der Waals surface area contributed by atoms with Crippen LogP contribution in [0.15, 0.2) is 18.2 Å². The summed E-state index contributed by atoms with van der Waals surface area (Å²) in [6.07, 6.45) is -4.64. The van der Waals surface area contributed by atoms with E-state index in [1.165, 1.54) is 6.07 Å². The minimum absolute atomic E-state index is 0.118. The van der Waals surface area contributed by atoms with Crippen molar-refractivity contribution in [1.82, 2.24) is 5.32 Å². The van der Waals surface area contributed by atoms with Gasteiger partial charge in [0.2, 0.25) is 10.0 Å². The molecule has 0 unspecified atom stereocenters. The Morgan fingerprint density at radius 2 is 1.90 bits per heavy atom. The lowest BCUT2D eigenvalue weighted by molar-refractivity contribution is -0.137. The minimum Gasteiger partial charge on any atom is -0.313 e. The number of anilines is 1. The quantitative estimate of drug-likeness (QED) is 0.833. The third-order valence-corrected chi connectivity index (χ3v) is 4.09. The zero-order chi connectivity index (χ0) is 16.3. The molecule has 0 aliphatic rings. The molecule has 0 spiro atoms. The molecule has 0 atom stereocenters. The number of hydrogen-bond donors (Lipinski definition) is 2. The summed E-state index contributed by atoms with van der Waals surface area (Å²) >= 11 is 5.46. The van der Waals surface area contributed by atoms with Crippen molar-refractivity contribution in [2.75, 3.05) is 17.0 Å². The van der Waals surface area contributed by atoms with Crippen LogP contribution in [0.4, 0.5) is 18.9 Å². The van der Waals surface area contributed by atoms with Gasteiger partial charge in [0.25, 0.3) is 0 Å². The van der Waals surface area contributed by atoms with Gasteiger partial charge >= 0.3 is 6.18 Å². The Balaban J connectivity index is 2.83. The Morgan fingerprint density at radius 3 is 2.43 bits per heavy atom. The molecule has 0 bridgehead atoms. The predicted molar refractivity (Wildman–Crippen MR) is 77.0 cm³/mol. The Bertz CT molecular complexity index is 589. The molecule has 9 heteroatoms. The second-order valence-corrected chi connectivity index (χ2v) is 6.97. The molecule has 0 saturated carbocycles. The third kappa shape index (κ3) is 6.11. The van der Waals surface area contributed by atoms with Gasteiger partial charge in [0.05, 0.1) is 16.3 Å². The first-order chi connectivity index (χ1) is 9.51. The molecule has 4 nitrogen and oxygen atoms in total. The summed E-state index contributed by atoms with van der Waals surface area (Å²) < 4.78 is 63.7. The third-order valence-electron chi connectivity index (χ3n) is 2.47. The summed E-state index contributed by atoms with van der Waals surface area (Å²) in [4.78, 5) is 0. The first-order valence-corrected chi connectivity index (χ1v) is 8.15. The number of hydrogen-bond acceptors (Lipinski definition) is 3. The fourth-order valence-corrected chi connectivity index (χ4v) is 2.72. The van der Waals surface area contributed by atoms with Gasteiger partial charge in [0, 0.05) is 18.3 Å². The van der Waals surface area contributed by atoms with E-state index < -0.39 is 26.8 Å². The lowest BCUT2D eigenvalue weighted by Crippen LogP contribution is -2.31. The Morgan fingerprint density at radius 1 is 1.29 bits per heavy atom. The largest absolute Gasteiger partial charge is 0.417 e. The van der Waals surface area contributed by atoms with Crippen molar-refractivity contribution in [2.24, 2.45) is 0 Å². The second-order valence-electron chi connectivity index (χ2n) is 4.72. The molecule has 1 rings (SSSR count). The Hall–Kier alpha value is -0.990. The van der Waals surface area contributed by atoms with Crippen LogP contribution in [0, 0.1) is 0 Å². The van der Waals surface area contributed by atoms with Crippen molar-refractivity contribution in [1.29, 1.82) is 0 Å². The molecule has 0 heterocycles. The molecule has 1 aromatic carbocycles. The highest BCUT2D eigenvalue weighted by molar-refractivity contribution is 7.92. The van der Waals surface area contributed by atoms with Gasteiger partial charge in [-0.1, -0.05) is 25.4 Å². The minimum atomic E-state index is -4.64. The van der Waals surface area contributed by atoms with E-state index in [0.29, 0.717) is 6.07 Å². The first kappa shape index (κ1) is 18.1. The van der Waals surface area contributed by atoms with Crippen LogP contribution in [-0.2, 0) is 16.2 Å². The maximum Gasteiger partial charge on any atom is 0.417 e. The van der Waals surface area contributed by atoms with Crippen LogP contribution in [0.1, 0.15) is 19.4 Å².